The van der Waals surface area contributed by atoms with Crippen LogP contribution in [0.1, 0.15) is 12.5 Å². The number of aliphatic imine (C=N–C) groups is 1. The van der Waals surface area contributed by atoms with Crippen LogP contribution >= 0.6 is 11.8 Å². The summed E-state index contributed by atoms with van der Waals surface area (Å²) in [5, 5.41) is 3.26. The molecule has 1 aliphatic heterocycles. The minimum Gasteiger partial charge on any atom is -0.497 e. The molecule has 0 aromatic heterocycles. The number of rotatable bonds is 4. The van der Waals surface area contributed by atoms with Gasteiger partial charge in [0.05, 0.1) is 17.7 Å². The van der Waals surface area contributed by atoms with Crippen molar-refractivity contribution >= 4 is 40.6 Å². The standard InChI is InChI=1S/C19H16N2O4S/c1-12(22)25-16-7-3-13(4-8-16)11-17-18(23)21-19(26-17)20-14-5-9-15(24-2)10-6-14/h3-11H,1-2H3,(H,20,21,23)/b17-11-. The third kappa shape index (κ3) is 4.52. The first-order valence-electron chi connectivity index (χ1n) is 7.75. The maximum atomic E-state index is 12.1. The molecule has 1 amide bonds. The number of esters is 1. The largest absolute Gasteiger partial charge is 0.497 e. The summed E-state index contributed by atoms with van der Waals surface area (Å²) in [6.45, 7) is 1.35. The molecule has 7 heteroatoms. The van der Waals surface area contributed by atoms with Gasteiger partial charge >= 0.3 is 5.97 Å². The van der Waals surface area contributed by atoms with Crippen molar-refractivity contribution < 1.29 is 19.1 Å². The zero-order valence-corrected chi connectivity index (χ0v) is 15.0. The number of hydrogen-bond donors (Lipinski definition) is 1. The molecule has 0 aliphatic carbocycles. The topological polar surface area (TPSA) is 77.0 Å². The number of carbonyl (C=O) groups is 2. The number of amides is 1. The van der Waals surface area contributed by atoms with Crippen LogP contribution in [0.5, 0.6) is 11.5 Å². The van der Waals surface area contributed by atoms with Crippen molar-refractivity contribution in [3.63, 3.8) is 0 Å². The van der Waals surface area contributed by atoms with Crippen molar-refractivity contribution in [3.05, 3.63) is 59.0 Å². The second-order valence-corrected chi connectivity index (χ2v) is 6.37. The highest BCUT2D eigenvalue weighted by atomic mass is 32.2. The summed E-state index contributed by atoms with van der Waals surface area (Å²) in [5.74, 6) is 0.632. The summed E-state index contributed by atoms with van der Waals surface area (Å²) in [6, 6.07) is 14.2. The fraction of sp³-hybridized carbons (Fsp3) is 0.105. The predicted molar refractivity (Wildman–Crippen MR) is 102 cm³/mol. The highest BCUT2D eigenvalue weighted by molar-refractivity contribution is 8.18. The van der Waals surface area contributed by atoms with Crippen molar-refractivity contribution in [2.75, 3.05) is 7.11 Å². The van der Waals surface area contributed by atoms with Crippen molar-refractivity contribution in [2.45, 2.75) is 6.92 Å². The minimum absolute atomic E-state index is 0.202. The van der Waals surface area contributed by atoms with E-state index in [4.69, 9.17) is 9.47 Å². The van der Waals surface area contributed by atoms with Crippen LogP contribution in [0.25, 0.3) is 6.08 Å². The van der Waals surface area contributed by atoms with E-state index in [1.165, 1.54) is 18.7 Å². The fourth-order valence-corrected chi connectivity index (χ4v) is 3.05. The van der Waals surface area contributed by atoms with Crippen LogP contribution in [-0.2, 0) is 9.59 Å². The second kappa shape index (κ2) is 7.88. The Hall–Kier alpha value is -3.06. The van der Waals surface area contributed by atoms with E-state index in [1.807, 2.05) is 24.3 Å². The maximum absolute atomic E-state index is 12.1. The van der Waals surface area contributed by atoms with Gasteiger partial charge in [0.15, 0.2) is 5.17 Å². The van der Waals surface area contributed by atoms with E-state index in [0.717, 1.165) is 17.0 Å². The molecular weight excluding hydrogens is 352 g/mol. The Balaban J connectivity index is 1.73. The molecule has 3 rings (SSSR count). The van der Waals surface area contributed by atoms with Crippen LogP contribution < -0.4 is 14.8 Å². The first kappa shape index (κ1) is 17.8. The van der Waals surface area contributed by atoms with Crippen LogP contribution in [0, 0.1) is 0 Å². The minimum atomic E-state index is -0.374. The molecule has 0 saturated carbocycles. The summed E-state index contributed by atoms with van der Waals surface area (Å²) in [7, 11) is 1.60. The van der Waals surface area contributed by atoms with Gasteiger partial charge in [0, 0.05) is 6.92 Å². The van der Waals surface area contributed by atoms with E-state index < -0.39 is 0 Å². The average Bonchev–Trinajstić information content (AvgIpc) is 2.96. The Morgan fingerprint density at radius 1 is 1.08 bits per heavy atom. The highest BCUT2D eigenvalue weighted by Gasteiger charge is 2.23. The Bertz CT molecular complexity index is 887. The highest BCUT2D eigenvalue weighted by Crippen LogP contribution is 2.29. The molecule has 0 bridgehead atoms. The number of methoxy groups -OCH3 is 1. The number of nitrogens with one attached hydrogen (secondary N) is 1. The summed E-state index contributed by atoms with van der Waals surface area (Å²) in [4.78, 5) is 28.0. The predicted octanol–water partition coefficient (Wildman–Crippen LogP) is 3.51. The van der Waals surface area contributed by atoms with E-state index >= 15 is 0 Å². The van der Waals surface area contributed by atoms with Gasteiger partial charge in [-0.25, -0.2) is 4.99 Å². The van der Waals surface area contributed by atoms with Crippen molar-refractivity contribution in [1.82, 2.24) is 5.32 Å². The van der Waals surface area contributed by atoms with E-state index in [1.54, 1.807) is 37.5 Å². The number of carbonyl (C=O) groups excluding carboxylic acids is 2. The number of hydrogen-bond acceptors (Lipinski definition) is 6. The number of amidine groups is 1. The molecule has 6 nitrogen and oxygen atoms in total. The van der Waals surface area contributed by atoms with Gasteiger partial charge < -0.3 is 14.8 Å². The lowest BCUT2D eigenvalue weighted by molar-refractivity contribution is -0.131. The Morgan fingerprint density at radius 2 is 1.73 bits per heavy atom. The molecule has 26 heavy (non-hydrogen) atoms. The number of ether oxygens (including phenoxy) is 2. The van der Waals surface area contributed by atoms with E-state index in [0.29, 0.717) is 15.8 Å². The molecule has 2 aromatic carbocycles. The van der Waals surface area contributed by atoms with Crippen LogP contribution in [0.3, 0.4) is 0 Å². The molecule has 0 spiro atoms. The summed E-state index contributed by atoms with van der Waals surface area (Å²) in [5.41, 5.74) is 1.55. The van der Waals surface area contributed by atoms with Gasteiger partial charge in [-0.15, -0.1) is 0 Å². The zero-order valence-electron chi connectivity index (χ0n) is 14.2. The van der Waals surface area contributed by atoms with E-state index in [-0.39, 0.29) is 11.9 Å². The molecular formula is C19H16N2O4S. The number of benzene rings is 2. The molecule has 0 unspecified atom stereocenters. The smallest absolute Gasteiger partial charge is 0.308 e. The van der Waals surface area contributed by atoms with Crippen LogP contribution in [0.2, 0.25) is 0 Å². The van der Waals surface area contributed by atoms with Crippen LogP contribution in [0.15, 0.2) is 58.4 Å². The average molecular weight is 368 g/mol. The van der Waals surface area contributed by atoms with Gasteiger partial charge in [-0.3, -0.25) is 9.59 Å². The lowest BCUT2D eigenvalue weighted by Crippen LogP contribution is -2.19. The Morgan fingerprint density at radius 3 is 2.35 bits per heavy atom. The summed E-state index contributed by atoms with van der Waals surface area (Å²) in [6.07, 6.45) is 1.76. The SMILES string of the molecule is COc1ccc(N=C2NC(=O)/C(=C/c3ccc(OC(C)=O)cc3)S2)cc1. The normalized spacial score (nSPS) is 16.6. The Labute approximate surface area is 154 Å². The molecule has 2 aromatic rings. The maximum Gasteiger partial charge on any atom is 0.308 e. The molecule has 0 radical (unpaired) electrons. The van der Waals surface area contributed by atoms with Crippen molar-refractivity contribution in [2.24, 2.45) is 4.99 Å². The second-order valence-electron chi connectivity index (χ2n) is 5.34. The van der Waals surface area contributed by atoms with Gasteiger partial charge in [-0.05, 0) is 59.8 Å². The third-order valence-corrected chi connectivity index (χ3v) is 4.30. The van der Waals surface area contributed by atoms with Gasteiger partial charge in [0.2, 0.25) is 0 Å². The molecule has 0 atom stereocenters. The molecule has 1 heterocycles. The fourth-order valence-electron chi connectivity index (χ4n) is 2.20. The number of thioether (sulfide) groups is 1. The van der Waals surface area contributed by atoms with Gasteiger partial charge in [0.1, 0.15) is 11.5 Å². The lowest BCUT2D eigenvalue weighted by atomic mass is 10.2. The van der Waals surface area contributed by atoms with E-state index in [9.17, 15) is 9.59 Å². The molecule has 1 N–H and O–H groups in total. The molecule has 1 saturated heterocycles. The van der Waals surface area contributed by atoms with E-state index in [2.05, 4.69) is 10.3 Å². The first-order chi connectivity index (χ1) is 12.5. The van der Waals surface area contributed by atoms with Crippen LogP contribution in [-0.4, -0.2) is 24.2 Å². The Kier molecular flexibility index (Phi) is 5.38. The number of nitrogens with zero attached hydrogens (tertiary/aromatic N) is 1. The van der Waals surface area contributed by atoms with Crippen LogP contribution in [0.4, 0.5) is 5.69 Å². The van der Waals surface area contributed by atoms with Crippen molar-refractivity contribution in [3.8, 4) is 11.5 Å². The third-order valence-electron chi connectivity index (χ3n) is 3.39. The first-order valence-corrected chi connectivity index (χ1v) is 8.57. The van der Waals surface area contributed by atoms with Gasteiger partial charge in [-0.1, -0.05) is 12.1 Å². The molecule has 1 aliphatic rings. The van der Waals surface area contributed by atoms with Crippen molar-refractivity contribution in [1.29, 1.82) is 0 Å². The van der Waals surface area contributed by atoms with Gasteiger partial charge in [-0.2, -0.15) is 0 Å². The quantitative estimate of drug-likeness (QED) is 0.508. The summed E-state index contributed by atoms with van der Waals surface area (Å²) < 4.78 is 10.1. The summed E-state index contributed by atoms with van der Waals surface area (Å²) >= 11 is 1.27. The molecule has 132 valence electrons. The van der Waals surface area contributed by atoms with Gasteiger partial charge in [0.25, 0.3) is 5.91 Å². The molecule has 1 fully saturated rings. The lowest BCUT2D eigenvalue weighted by Gasteiger charge is -2.01. The zero-order chi connectivity index (χ0) is 18.5. The monoisotopic (exact) mass is 368 g/mol.